The second kappa shape index (κ2) is 9.14. The number of benzene rings is 1. The summed E-state index contributed by atoms with van der Waals surface area (Å²) in [6, 6.07) is 10.2. The van der Waals surface area contributed by atoms with Crippen molar-refractivity contribution in [2.24, 2.45) is 11.1 Å². The van der Waals surface area contributed by atoms with E-state index in [-0.39, 0.29) is 11.3 Å². The summed E-state index contributed by atoms with van der Waals surface area (Å²) >= 11 is 0. The molecule has 4 rings (SSSR count). The normalized spacial score (nSPS) is 22.0. The third-order valence-electron chi connectivity index (χ3n) is 7.77. The zero-order valence-electron chi connectivity index (χ0n) is 20.0. The maximum atomic E-state index is 12.0. The molecule has 5 heteroatoms. The quantitative estimate of drug-likeness (QED) is 0.580. The van der Waals surface area contributed by atoms with Gasteiger partial charge in [-0.05, 0) is 81.2 Å². The lowest BCUT2D eigenvalue weighted by Crippen LogP contribution is -2.49. The molecule has 2 atom stereocenters. The number of carbonyl (C=O) groups is 1. The van der Waals surface area contributed by atoms with E-state index >= 15 is 0 Å². The molecule has 174 valence electrons. The molecule has 2 aromatic rings. The van der Waals surface area contributed by atoms with Crippen LogP contribution in [0, 0.1) is 5.41 Å². The lowest BCUT2D eigenvalue weighted by molar-refractivity contribution is -0.114. The first-order chi connectivity index (χ1) is 15.8. The summed E-state index contributed by atoms with van der Waals surface area (Å²) in [5.41, 5.74) is 10.5. The topological polar surface area (TPSA) is 81.1 Å². The van der Waals surface area contributed by atoms with Gasteiger partial charge in [0.1, 0.15) is 0 Å². The standard InChI is InChI=1S/C28H35N3O2/c1-4-22-17-25-21(19-30-31(25)23-12-7-6-8-13-23)18-28(22,5-2)27(3,33)16-15-20-11-9-10-14-24(20)26(29)32/h6-9,11-13,17,19,33H,4-5,10,14-16,18H2,1-3H3,(H2,29,32). The maximum absolute atomic E-state index is 12.0. The number of primary amides is 1. The molecule has 1 heterocycles. The summed E-state index contributed by atoms with van der Waals surface area (Å²) in [7, 11) is 0. The van der Waals surface area contributed by atoms with Crippen LogP contribution in [0.25, 0.3) is 11.8 Å². The highest BCUT2D eigenvalue weighted by Crippen LogP contribution is 2.52. The summed E-state index contributed by atoms with van der Waals surface area (Å²) in [5, 5.41) is 16.7. The predicted molar refractivity (Wildman–Crippen MR) is 133 cm³/mol. The minimum Gasteiger partial charge on any atom is -0.389 e. The first kappa shape index (κ1) is 23.2. The Morgan fingerprint density at radius 2 is 2.03 bits per heavy atom. The van der Waals surface area contributed by atoms with Gasteiger partial charge in [-0.1, -0.05) is 49.8 Å². The molecule has 1 aromatic heterocycles. The lowest BCUT2D eigenvalue weighted by Gasteiger charge is -2.49. The van der Waals surface area contributed by atoms with Gasteiger partial charge >= 0.3 is 0 Å². The molecule has 0 saturated carbocycles. The van der Waals surface area contributed by atoms with Crippen molar-refractivity contribution in [2.75, 3.05) is 0 Å². The van der Waals surface area contributed by atoms with Crippen molar-refractivity contribution in [3.05, 3.63) is 76.7 Å². The first-order valence-corrected chi connectivity index (χ1v) is 12.1. The van der Waals surface area contributed by atoms with Gasteiger partial charge in [0.15, 0.2) is 0 Å². The highest BCUT2D eigenvalue weighted by Gasteiger charge is 2.49. The van der Waals surface area contributed by atoms with Gasteiger partial charge < -0.3 is 10.8 Å². The zero-order chi connectivity index (χ0) is 23.6. The monoisotopic (exact) mass is 445 g/mol. The summed E-state index contributed by atoms with van der Waals surface area (Å²) in [4.78, 5) is 11.9. The van der Waals surface area contributed by atoms with Crippen LogP contribution in [0.3, 0.4) is 0 Å². The molecule has 2 unspecified atom stereocenters. The van der Waals surface area contributed by atoms with E-state index in [1.54, 1.807) is 0 Å². The highest BCUT2D eigenvalue weighted by molar-refractivity contribution is 5.93. The third-order valence-corrected chi connectivity index (χ3v) is 7.77. The number of amides is 1. The number of hydrogen-bond acceptors (Lipinski definition) is 3. The minimum absolute atomic E-state index is 0.344. The number of para-hydroxylation sites is 1. The summed E-state index contributed by atoms with van der Waals surface area (Å²) in [6.07, 6.45) is 13.5. The Morgan fingerprint density at radius 3 is 2.70 bits per heavy atom. The number of nitrogens with zero attached hydrogens (tertiary/aromatic N) is 2. The second-order valence-electron chi connectivity index (χ2n) is 9.52. The van der Waals surface area contributed by atoms with Gasteiger partial charge in [0.05, 0.1) is 23.2 Å². The smallest absolute Gasteiger partial charge is 0.244 e. The highest BCUT2D eigenvalue weighted by atomic mass is 16.3. The molecule has 0 saturated heterocycles. The van der Waals surface area contributed by atoms with Crippen LogP contribution in [-0.2, 0) is 11.2 Å². The zero-order valence-corrected chi connectivity index (χ0v) is 20.0. The van der Waals surface area contributed by atoms with E-state index in [2.05, 4.69) is 43.2 Å². The van der Waals surface area contributed by atoms with Gasteiger partial charge in [0.2, 0.25) is 5.91 Å². The van der Waals surface area contributed by atoms with Gasteiger partial charge in [-0.3, -0.25) is 4.79 Å². The van der Waals surface area contributed by atoms with Crippen LogP contribution in [0.4, 0.5) is 0 Å². The average Bonchev–Trinajstić information content (AvgIpc) is 3.24. The SMILES string of the molecule is CCC1=Cc2c(cnn2-c2ccccc2)CC1(CC)C(C)(O)CCC1=C(C(N)=O)CCC=C1. The molecule has 0 spiro atoms. The molecule has 5 nitrogen and oxygen atoms in total. The Morgan fingerprint density at radius 1 is 1.27 bits per heavy atom. The fourth-order valence-corrected chi connectivity index (χ4v) is 5.76. The predicted octanol–water partition coefficient (Wildman–Crippen LogP) is 5.28. The van der Waals surface area contributed by atoms with Gasteiger partial charge in [-0.2, -0.15) is 5.10 Å². The number of aromatic nitrogens is 2. The second-order valence-corrected chi connectivity index (χ2v) is 9.52. The number of allylic oxidation sites excluding steroid dienone is 3. The summed E-state index contributed by atoms with van der Waals surface area (Å²) in [5.74, 6) is -0.344. The van der Waals surface area contributed by atoms with Crippen LogP contribution in [0.1, 0.15) is 70.6 Å². The molecule has 0 aliphatic heterocycles. The Bertz CT molecular complexity index is 1120. The minimum atomic E-state index is -0.947. The Balaban J connectivity index is 1.68. The fourth-order valence-electron chi connectivity index (χ4n) is 5.76. The van der Waals surface area contributed by atoms with Gasteiger partial charge in [0, 0.05) is 11.0 Å². The Labute approximate surface area is 196 Å². The van der Waals surface area contributed by atoms with Crippen molar-refractivity contribution in [3.63, 3.8) is 0 Å². The average molecular weight is 446 g/mol. The summed E-state index contributed by atoms with van der Waals surface area (Å²) in [6.45, 7) is 6.29. The molecule has 2 aliphatic carbocycles. The van der Waals surface area contributed by atoms with Crippen LogP contribution in [0.5, 0.6) is 0 Å². The van der Waals surface area contributed by atoms with Crippen LogP contribution in [-0.4, -0.2) is 26.4 Å². The van der Waals surface area contributed by atoms with Crippen LogP contribution in [0.15, 0.2) is 65.4 Å². The van der Waals surface area contributed by atoms with E-state index in [4.69, 9.17) is 5.73 Å². The van der Waals surface area contributed by atoms with Crippen LogP contribution < -0.4 is 5.73 Å². The molecule has 0 bridgehead atoms. The van der Waals surface area contributed by atoms with E-state index in [0.29, 0.717) is 24.8 Å². The van der Waals surface area contributed by atoms with E-state index in [1.165, 1.54) is 5.57 Å². The molecule has 1 aromatic carbocycles. The molecule has 0 radical (unpaired) electrons. The molecule has 3 N–H and O–H groups in total. The molecular weight excluding hydrogens is 410 g/mol. The van der Waals surface area contributed by atoms with Gasteiger partial charge in [-0.15, -0.1) is 0 Å². The van der Waals surface area contributed by atoms with E-state index in [0.717, 1.165) is 48.2 Å². The van der Waals surface area contributed by atoms with Crippen LogP contribution in [0.2, 0.25) is 0 Å². The number of rotatable bonds is 8. The number of nitrogens with two attached hydrogens (primary N) is 1. The van der Waals surface area contributed by atoms with Crippen molar-refractivity contribution < 1.29 is 9.90 Å². The van der Waals surface area contributed by atoms with Gasteiger partial charge in [-0.25, -0.2) is 4.68 Å². The number of aliphatic hydroxyl groups is 1. The van der Waals surface area contributed by atoms with Crippen LogP contribution >= 0.6 is 0 Å². The molecule has 33 heavy (non-hydrogen) atoms. The summed E-state index contributed by atoms with van der Waals surface area (Å²) < 4.78 is 2.00. The van der Waals surface area contributed by atoms with Gasteiger partial charge in [0.25, 0.3) is 0 Å². The molecule has 2 aliphatic rings. The van der Waals surface area contributed by atoms with Crippen molar-refractivity contribution in [3.8, 4) is 5.69 Å². The van der Waals surface area contributed by atoms with Crippen molar-refractivity contribution >= 4 is 12.0 Å². The Hall–Kier alpha value is -2.92. The molecule has 1 amide bonds. The van der Waals surface area contributed by atoms with E-state index in [9.17, 15) is 9.90 Å². The Kier molecular flexibility index (Phi) is 6.44. The van der Waals surface area contributed by atoms with Crippen molar-refractivity contribution in [2.45, 2.75) is 71.3 Å². The lowest BCUT2D eigenvalue weighted by atomic mass is 9.58. The number of carbonyl (C=O) groups excluding carboxylic acids is 1. The first-order valence-electron chi connectivity index (χ1n) is 12.1. The molecular formula is C28H35N3O2. The van der Waals surface area contributed by atoms with E-state index < -0.39 is 5.60 Å². The number of fused-ring (bicyclic) bond motifs is 1. The van der Waals surface area contributed by atoms with Crippen molar-refractivity contribution in [1.82, 2.24) is 9.78 Å². The third kappa shape index (κ3) is 4.10. The largest absolute Gasteiger partial charge is 0.389 e. The van der Waals surface area contributed by atoms with Crippen molar-refractivity contribution in [1.29, 1.82) is 0 Å². The fraction of sp³-hybridized carbons (Fsp3) is 0.429. The van der Waals surface area contributed by atoms with E-state index in [1.807, 2.05) is 42.1 Å². The molecule has 0 fully saturated rings. The number of hydrogen-bond donors (Lipinski definition) is 2. The maximum Gasteiger partial charge on any atom is 0.244 e.